The second-order valence-electron chi connectivity index (χ2n) is 3.38. The summed E-state index contributed by atoms with van der Waals surface area (Å²) in [6.45, 7) is 0. The van der Waals surface area contributed by atoms with Gasteiger partial charge in [0, 0.05) is 11.8 Å². The zero-order valence-corrected chi connectivity index (χ0v) is 9.80. The van der Waals surface area contributed by atoms with Crippen LogP contribution in [0.2, 0.25) is 5.02 Å². The molecule has 0 aliphatic heterocycles. The molecule has 1 aromatic heterocycles. The summed E-state index contributed by atoms with van der Waals surface area (Å²) >= 11 is 7.08. The topological polar surface area (TPSA) is 33.1 Å². The van der Waals surface area contributed by atoms with E-state index in [0.717, 1.165) is 5.56 Å². The molecule has 1 N–H and O–H groups in total. The summed E-state index contributed by atoms with van der Waals surface area (Å²) in [5.41, 5.74) is 3.08. The molecular formula is C11H9ClFNOS. The fourth-order valence-corrected chi connectivity index (χ4v) is 2.18. The summed E-state index contributed by atoms with van der Waals surface area (Å²) in [5, 5.41) is 11.7. The first-order valence-corrected chi connectivity index (χ1v) is 5.99. The normalized spacial score (nSPS) is 12.7. The summed E-state index contributed by atoms with van der Waals surface area (Å²) in [6.07, 6.45) is -0.295. The number of aliphatic hydroxyl groups is 1. The number of halogens is 2. The maximum absolute atomic E-state index is 12.9. The molecule has 1 unspecified atom stereocenters. The highest BCUT2D eigenvalue weighted by Gasteiger charge is 2.11. The van der Waals surface area contributed by atoms with Crippen LogP contribution >= 0.6 is 22.9 Å². The van der Waals surface area contributed by atoms with E-state index in [9.17, 15) is 9.50 Å². The fraction of sp³-hybridized carbons (Fsp3) is 0.182. The van der Waals surface area contributed by atoms with E-state index in [0.29, 0.717) is 12.1 Å². The number of hydrogen-bond donors (Lipinski definition) is 1. The third-order valence-corrected chi connectivity index (χ3v) is 3.10. The van der Waals surface area contributed by atoms with Crippen LogP contribution in [-0.2, 0) is 6.42 Å². The fourth-order valence-electron chi connectivity index (χ4n) is 1.38. The van der Waals surface area contributed by atoms with Gasteiger partial charge in [-0.3, -0.25) is 0 Å². The smallest absolute Gasteiger partial charge is 0.141 e. The van der Waals surface area contributed by atoms with Crippen LogP contribution in [0, 0.1) is 5.82 Å². The van der Waals surface area contributed by atoms with E-state index in [-0.39, 0.29) is 5.02 Å². The Morgan fingerprint density at radius 1 is 1.50 bits per heavy atom. The minimum Gasteiger partial charge on any atom is -0.386 e. The number of rotatable bonds is 3. The van der Waals surface area contributed by atoms with Crippen molar-refractivity contribution in [3.63, 3.8) is 0 Å². The summed E-state index contributed by atoms with van der Waals surface area (Å²) in [4.78, 5) is 4.01. The van der Waals surface area contributed by atoms with Crippen LogP contribution in [0.3, 0.4) is 0 Å². The Bertz CT molecular complexity index is 475. The average Bonchev–Trinajstić information content (AvgIpc) is 2.77. The van der Waals surface area contributed by atoms with Crippen molar-refractivity contribution in [3.05, 3.63) is 51.2 Å². The van der Waals surface area contributed by atoms with Gasteiger partial charge in [-0.15, -0.1) is 11.3 Å². The van der Waals surface area contributed by atoms with Gasteiger partial charge in [0.1, 0.15) is 11.9 Å². The second kappa shape index (κ2) is 4.91. The van der Waals surface area contributed by atoms with Gasteiger partial charge in [0.15, 0.2) is 0 Å². The molecule has 0 amide bonds. The van der Waals surface area contributed by atoms with Crippen molar-refractivity contribution in [2.75, 3.05) is 0 Å². The quantitative estimate of drug-likeness (QED) is 0.916. The van der Waals surface area contributed by atoms with Crippen molar-refractivity contribution in [2.45, 2.75) is 12.5 Å². The van der Waals surface area contributed by atoms with Gasteiger partial charge in [0.25, 0.3) is 0 Å². The van der Waals surface area contributed by atoms with Crippen molar-refractivity contribution < 1.29 is 9.50 Å². The van der Waals surface area contributed by atoms with E-state index in [1.165, 1.54) is 23.5 Å². The minimum atomic E-state index is -0.673. The zero-order valence-electron chi connectivity index (χ0n) is 8.23. The molecule has 16 heavy (non-hydrogen) atoms. The highest BCUT2D eigenvalue weighted by Crippen LogP contribution is 2.21. The van der Waals surface area contributed by atoms with Crippen molar-refractivity contribution in [2.24, 2.45) is 0 Å². The Morgan fingerprint density at radius 2 is 2.31 bits per heavy atom. The molecule has 0 saturated carbocycles. The summed E-state index contributed by atoms with van der Waals surface area (Å²) in [5.74, 6) is -0.450. The number of nitrogens with zero attached hydrogens (tertiary/aromatic N) is 1. The van der Waals surface area contributed by atoms with Crippen molar-refractivity contribution in [3.8, 4) is 0 Å². The van der Waals surface area contributed by atoms with E-state index in [1.807, 2.05) is 0 Å². The highest BCUT2D eigenvalue weighted by atomic mass is 35.5. The molecule has 0 spiro atoms. The molecule has 0 aliphatic rings. The van der Waals surface area contributed by atoms with Crippen LogP contribution in [0.5, 0.6) is 0 Å². The summed E-state index contributed by atoms with van der Waals surface area (Å²) in [6, 6.07) is 4.43. The largest absolute Gasteiger partial charge is 0.386 e. The molecule has 0 fully saturated rings. The van der Waals surface area contributed by atoms with E-state index in [4.69, 9.17) is 11.6 Å². The molecule has 5 heteroatoms. The lowest BCUT2D eigenvalue weighted by Gasteiger charge is -2.08. The maximum Gasteiger partial charge on any atom is 0.141 e. The first-order valence-electron chi connectivity index (χ1n) is 4.67. The first kappa shape index (κ1) is 11.5. The predicted molar refractivity (Wildman–Crippen MR) is 62.2 cm³/mol. The molecule has 0 aliphatic carbocycles. The van der Waals surface area contributed by atoms with Gasteiger partial charge in [-0.25, -0.2) is 9.37 Å². The molecule has 84 valence electrons. The monoisotopic (exact) mass is 257 g/mol. The Hall–Kier alpha value is -0.970. The average molecular weight is 258 g/mol. The molecule has 1 heterocycles. The van der Waals surface area contributed by atoms with Crippen LogP contribution in [0.4, 0.5) is 4.39 Å². The Balaban J connectivity index is 2.12. The molecular weight excluding hydrogens is 249 g/mol. The molecule has 1 aromatic carbocycles. The molecule has 1 atom stereocenters. The van der Waals surface area contributed by atoms with Crippen LogP contribution in [0.15, 0.2) is 29.1 Å². The van der Waals surface area contributed by atoms with E-state index in [1.54, 1.807) is 17.0 Å². The number of aliphatic hydroxyl groups excluding tert-OH is 1. The lowest BCUT2D eigenvalue weighted by Crippen LogP contribution is -2.02. The lowest BCUT2D eigenvalue weighted by molar-refractivity contribution is 0.174. The number of benzene rings is 1. The van der Waals surface area contributed by atoms with Crippen LogP contribution < -0.4 is 0 Å². The van der Waals surface area contributed by atoms with Crippen molar-refractivity contribution >= 4 is 22.9 Å². The second-order valence-corrected chi connectivity index (χ2v) is 4.51. The lowest BCUT2D eigenvalue weighted by atomic mass is 10.1. The SMILES string of the molecule is OC(Cc1ccc(F)c(Cl)c1)c1cscn1. The van der Waals surface area contributed by atoms with Crippen LogP contribution in [0.25, 0.3) is 0 Å². The summed E-state index contributed by atoms with van der Waals surface area (Å²) < 4.78 is 12.9. The van der Waals surface area contributed by atoms with Gasteiger partial charge >= 0.3 is 0 Å². The Kier molecular flexibility index (Phi) is 3.53. The van der Waals surface area contributed by atoms with Crippen molar-refractivity contribution in [1.29, 1.82) is 0 Å². The summed E-state index contributed by atoms with van der Waals surface area (Å²) in [7, 11) is 0. The predicted octanol–water partition coefficient (Wildman–Crippen LogP) is 3.21. The molecule has 2 rings (SSSR count). The zero-order chi connectivity index (χ0) is 11.5. The molecule has 2 aromatic rings. The minimum absolute atomic E-state index is 0.0722. The third kappa shape index (κ3) is 2.58. The molecule has 2 nitrogen and oxygen atoms in total. The first-order chi connectivity index (χ1) is 7.66. The van der Waals surface area contributed by atoms with Gasteiger partial charge in [-0.05, 0) is 17.7 Å². The number of hydrogen-bond acceptors (Lipinski definition) is 3. The van der Waals surface area contributed by atoms with E-state index >= 15 is 0 Å². The standard InChI is InChI=1S/C11H9ClFNOS/c12-8-3-7(1-2-9(8)13)4-11(15)10-5-16-6-14-10/h1-3,5-6,11,15H,4H2. The number of thiazole rings is 1. The van der Waals surface area contributed by atoms with Gasteiger partial charge in [-0.1, -0.05) is 17.7 Å². The van der Waals surface area contributed by atoms with Crippen LogP contribution in [0.1, 0.15) is 17.4 Å². The van der Waals surface area contributed by atoms with E-state index < -0.39 is 11.9 Å². The van der Waals surface area contributed by atoms with Gasteiger partial charge < -0.3 is 5.11 Å². The Morgan fingerprint density at radius 3 is 2.94 bits per heavy atom. The highest BCUT2D eigenvalue weighted by molar-refractivity contribution is 7.07. The van der Waals surface area contributed by atoms with Crippen molar-refractivity contribution in [1.82, 2.24) is 4.98 Å². The Labute approximate surface area is 101 Å². The van der Waals surface area contributed by atoms with E-state index in [2.05, 4.69) is 4.98 Å². The van der Waals surface area contributed by atoms with Gasteiger partial charge in [0.05, 0.1) is 16.2 Å². The van der Waals surface area contributed by atoms with Crippen LogP contribution in [-0.4, -0.2) is 10.1 Å². The number of aromatic nitrogens is 1. The molecule has 0 radical (unpaired) electrons. The molecule has 0 saturated heterocycles. The molecule has 0 bridgehead atoms. The third-order valence-electron chi connectivity index (χ3n) is 2.21. The van der Waals surface area contributed by atoms with Gasteiger partial charge in [-0.2, -0.15) is 0 Å². The van der Waals surface area contributed by atoms with Gasteiger partial charge in [0.2, 0.25) is 0 Å². The maximum atomic E-state index is 12.9.